The first kappa shape index (κ1) is 14.8. The topological polar surface area (TPSA) is 78.9 Å². The molecule has 2 N–H and O–H groups in total. The van der Waals surface area contributed by atoms with Gasteiger partial charge in [0.05, 0.1) is 18.7 Å². The molecule has 1 aliphatic rings. The first-order valence-corrected chi connectivity index (χ1v) is 6.12. The van der Waals surface area contributed by atoms with Crippen molar-refractivity contribution in [1.82, 2.24) is 10.2 Å². The van der Waals surface area contributed by atoms with Gasteiger partial charge in [0.1, 0.15) is 5.60 Å². The van der Waals surface area contributed by atoms with E-state index in [2.05, 4.69) is 5.32 Å². The number of ether oxygens (including phenoxy) is 1. The van der Waals surface area contributed by atoms with E-state index in [1.54, 1.807) is 20.8 Å². The van der Waals surface area contributed by atoms with Gasteiger partial charge in [0.2, 0.25) is 5.91 Å². The predicted octanol–water partition coefficient (Wildman–Crippen LogP) is 0.493. The van der Waals surface area contributed by atoms with Gasteiger partial charge in [-0.05, 0) is 27.2 Å². The maximum Gasteiger partial charge on any atom is 0.410 e. The summed E-state index contributed by atoms with van der Waals surface area (Å²) in [6, 6.07) is -0.291. The molecule has 1 fully saturated rings. The summed E-state index contributed by atoms with van der Waals surface area (Å²) in [6.45, 7) is 7.45. The number of aliphatic hydroxyl groups is 1. The second kappa shape index (κ2) is 5.56. The molecule has 0 aliphatic carbocycles. The molecular formula is C12H22N2O4. The van der Waals surface area contributed by atoms with Crippen LogP contribution in [0.5, 0.6) is 0 Å². The lowest BCUT2D eigenvalue weighted by molar-refractivity contribution is -0.121. The normalized spacial score (nSPS) is 24.6. The monoisotopic (exact) mass is 258 g/mol. The molecule has 0 aromatic heterocycles. The number of carbonyl (C=O) groups is 2. The van der Waals surface area contributed by atoms with Gasteiger partial charge in [0.25, 0.3) is 0 Å². The molecule has 0 aromatic rings. The van der Waals surface area contributed by atoms with Crippen molar-refractivity contribution in [3.8, 4) is 0 Å². The maximum atomic E-state index is 11.8. The fourth-order valence-corrected chi connectivity index (χ4v) is 1.85. The highest BCUT2D eigenvalue weighted by molar-refractivity contribution is 5.73. The van der Waals surface area contributed by atoms with Gasteiger partial charge in [-0.15, -0.1) is 0 Å². The molecule has 0 aromatic carbocycles. The van der Waals surface area contributed by atoms with Crippen molar-refractivity contribution < 1.29 is 19.4 Å². The van der Waals surface area contributed by atoms with Gasteiger partial charge in [-0.1, -0.05) is 0 Å². The largest absolute Gasteiger partial charge is 0.444 e. The van der Waals surface area contributed by atoms with Crippen molar-refractivity contribution in [2.45, 2.75) is 51.9 Å². The van der Waals surface area contributed by atoms with Crippen LogP contribution in [0.15, 0.2) is 0 Å². The molecule has 6 heteroatoms. The number of likely N-dealkylation sites (tertiary alicyclic amines) is 1. The van der Waals surface area contributed by atoms with Crippen LogP contribution in [0, 0.1) is 0 Å². The third-order valence-electron chi connectivity index (χ3n) is 2.62. The molecule has 1 rings (SSSR count). The van der Waals surface area contributed by atoms with Crippen LogP contribution in [0.2, 0.25) is 0 Å². The Morgan fingerprint density at radius 2 is 2.00 bits per heavy atom. The summed E-state index contributed by atoms with van der Waals surface area (Å²) in [7, 11) is 0. The molecule has 1 heterocycles. The van der Waals surface area contributed by atoms with Gasteiger partial charge in [-0.3, -0.25) is 4.79 Å². The van der Waals surface area contributed by atoms with Crippen LogP contribution in [-0.2, 0) is 9.53 Å². The Morgan fingerprint density at radius 1 is 1.39 bits per heavy atom. The van der Waals surface area contributed by atoms with Gasteiger partial charge in [-0.2, -0.15) is 0 Å². The number of aliphatic hydroxyl groups excluding tert-OH is 1. The molecule has 0 saturated carbocycles. The molecule has 2 atom stereocenters. The highest BCUT2D eigenvalue weighted by atomic mass is 16.6. The standard InChI is InChI=1S/C12H22N2O4/c1-8(15)13-9-5-6-14(7-10(9)16)11(17)18-12(2,3)4/h9-10,16H,5-7H2,1-4H3,(H,13,15). The molecular weight excluding hydrogens is 236 g/mol. The second-order valence-electron chi connectivity index (χ2n) is 5.59. The first-order valence-electron chi connectivity index (χ1n) is 6.12. The van der Waals surface area contributed by atoms with E-state index in [9.17, 15) is 14.7 Å². The van der Waals surface area contributed by atoms with Gasteiger partial charge >= 0.3 is 6.09 Å². The molecule has 6 nitrogen and oxygen atoms in total. The lowest BCUT2D eigenvalue weighted by atomic mass is 10.0. The summed E-state index contributed by atoms with van der Waals surface area (Å²) in [4.78, 5) is 24.2. The van der Waals surface area contributed by atoms with E-state index in [-0.39, 0.29) is 18.5 Å². The molecule has 0 bridgehead atoms. The highest BCUT2D eigenvalue weighted by Gasteiger charge is 2.32. The third kappa shape index (κ3) is 4.52. The van der Waals surface area contributed by atoms with Crippen LogP contribution in [0.25, 0.3) is 0 Å². The zero-order valence-electron chi connectivity index (χ0n) is 11.4. The number of piperidine rings is 1. The summed E-state index contributed by atoms with van der Waals surface area (Å²) in [5.41, 5.74) is -0.545. The Hall–Kier alpha value is -1.30. The number of nitrogens with zero attached hydrogens (tertiary/aromatic N) is 1. The van der Waals surface area contributed by atoms with E-state index in [0.717, 1.165) is 0 Å². The van der Waals surface area contributed by atoms with Crippen molar-refractivity contribution in [2.24, 2.45) is 0 Å². The van der Waals surface area contributed by atoms with E-state index in [0.29, 0.717) is 13.0 Å². The Labute approximate surface area is 107 Å². The van der Waals surface area contributed by atoms with Crippen molar-refractivity contribution in [3.05, 3.63) is 0 Å². The number of rotatable bonds is 1. The molecule has 18 heavy (non-hydrogen) atoms. The van der Waals surface area contributed by atoms with E-state index < -0.39 is 17.8 Å². The van der Waals surface area contributed by atoms with Gasteiger partial charge in [0.15, 0.2) is 0 Å². The molecule has 104 valence electrons. The number of amides is 2. The van der Waals surface area contributed by atoms with E-state index in [1.807, 2.05) is 0 Å². The quantitative estimate of drug-likeness (QED) is 0.717. The lowest BCUT2D eigenvalue weighted by Gasteiger charge is -2.36. The van der Waals surface area contributed by atoms with Crippen molar-refractivity contribution in [1.29, 1.82) is 0 Å². The van der Waals surface area contributed by atoms with Gasteiger partial charge in [0, 0.05) is 13.5 Å². The Balaban J connectivity index is 2.50. The van der Waals surface area contributed by atoms with Crippen LogP contribution in [0.3, 0.4) is 0 Å². The molecule has 2 amide bonds. The van der Waals surface area contributed by atoms with Crippen molar-refractivity contribution >= 4 is 12.0 Å². The predicted molar refractivity (Wildman–Crippen MR) is 66.0 cm³/mol. The Morgan fingerprint density at radius 3 is 2.44 bits per heavy atom. The summed E-state index contributed by atoms with van der Waals surface area (Å²) < 4.78 is 5.23. The Bertz CT molecular complexity index is 325. The zero-order chi connectivity index (χ0) is 13.9. The first-order chi connectivity index (χ1) is 8.19. The maximum absolute atomic E-state index is 11.8. The number of β-amino-alcohol motifs (C(OH)–C–C–N with tert-alkyl or cyclic N) is 1. The van der Waals surface area contributed by atoms with Crippen molar-refractivity contribution in [2.75, 3.05) is 13.1 Å². The van der Waals surface area contributed by atoms with E-state index >= 15 is 0 Å². The second-order valence-corrected chi connectivity index (χ2v) is 5.59. The van der Waals surface area contributed by atoms with E-state index in [1.165, 1.54) is 11.8 Å². The molecule has 1 saturated heterocycles. The SMILES string of the molecule is CC(=O)NC1CCN(C(=O)OC(C)(C)C)CC1O. The fraction of sp³-hybridized carbons (Fsp3) is 0.833. The average molecular weight is 258 g/mol. The fourth-order valence-electron chi connectivity index (χ4n) is 1.85. The van der Waals surface area contributed by atoms with Gasteiger partial charge in [-0.25, -0.2) is 4.79 Å². The van der Waals surface area contributed by atoms with Crippen molar-refractivity contribution in [3.63, 3.8) is 0 Å². The molecule has 0 radical (unpaired) electrons. The van der Waals surface area contributed by atoms with E-state index in [4.69, 9.17) is 4.74 Å². The Kier molecular flexibility index (Phi) is 4.56. The highest BCUT2D eigenvalue weighted by Crippen LogP contribution is 2.15. The zero-order valence-corrected chi connectivity index (χ0v) is 11.4. The number of nitrogens with one attached hydrogen (secondary N) is 1. The summed E-state index contributed by atoms with van der Waals surface area (Å²) >= 11 is 0. The number of carbonyl (C=O) groups excluding carboxylic acids is 2. The molecule has 0 spiro atoms. The summed E-state index contributed by atoms with van der Waals surface area (Å²) in [5, 5.41) is 12.5. The van der Waals surface area contributed by atoms with Crippen LogP contribution in [0.4, 0.5) is 4.79 Å². The third-order valence-corrected chi connectivity index (χ3v) is 2.62. The summed E-state index contributed by atoms with van der Waals surface area (Å²) in [5.74, 6) is -0.176. The van der Waals surface area contributed by atoms with Crippen LogP contribution in [0.1, 0.15) is 34.1 Å². The lowest BCUT2D eigenvalue weighted by Crippen LogP contribution is -2.55. The number of hydrogen-bond donors (Lipinski definition) is 2. The average Bonchev–Trinajstić information content (AvgIpc) is 2.17. The van der Waals surface area contributed by atoms with Crippen LogP contribution >= 0.6 is 0 Å². The minimum absolute atomic E-state index is 0.176. The smallest absolute Gasteiger partial charge is 0.410 e. The minimum Gasteiger partial charge on any atom is -0.444 e. The number of hydrogen-bond acceptors (Lipinski definition) is 4. The van der Waals surface area contributed by atoms with Crippen LogP contribution < -0.4 is 5.32 Å². The minimum atomic E-state index is -0.754. The van der Waals surface area contributed by atoms with Crippen LogP contribution in [-0.4, -0.2) is 52.8 Å². The summed E-state index contributed by atoms with van der Waals surface area (Å²) in [6.07, 6.45) is -0.655. The van der Waals surface area contributed by atoms with Gasteiger partial charge < -0.3 is 20.1 Å². The molecule has 2 unspecified atom stereocenters. The molecule has 1 aliphatic heterocycles.